The van der Waals surface area contributed by atoms with E-state index >= 15 is 0 Å². The van der Waals surface area contributed by atoms with Crippen molar-refractivity contribution in [2.24, 2.45) is 11.5 Å². The highest BCUT2D eigenvalue weighted by molar-refractivity contribution is 5.85. The second-order valence-electron chi connectivity index (χ2n) is 3.72. The van der Waals surface area contributed by atoms with E-state index in [-0.39, 0.29) is 5.78 Å². The number of carbonyl (C=O) groups is 1. The van der Waals surface area contributed by atoms with Crippen molar-refractivity contribution in [1.29, 1.82) is 0 Å². The first-order valence-electron chi connectivity index (χ1n) is 4.87. The van der Waals surface area contributed by atoms with Crippen LogP contribution < -0.4 is 22.1 Å². The quantitative estimate of drug-likeness (QED) is 0.318. The molecule has 84 valence electrons. The van der Waals surface area contributed by atoms with Crippen molar-refractivity contribution in [1.82, 2.24) is 10.6 Å². The normalized spacial score (nSPS) is 15.6. The van der Waals surface area contributed by atoms with Crippen LogP contribution in [0.15, 0.2) is 0 Å². The van der Waals surface area contributed by atoms with E-state index in [0.717, 1.165) is 19.4 Å². The van der Waals surface area contributed by atoms with Crippen molar-refractivity contribution in [2.45, 2.75) is 38.5 Å². The summed E-state index contributed by atoms with van der Waals surface area (Å²) in [4.78, 5) is 11.3. The highest BCUT2D eigenvalue weighted by atomic mass is 16.1. The molecule has 0 heterocycles. The minimum absolute atomic E-state index is 0.150. The highest BCUT2D eigenvalue weighted by Gasteiger charge is 2.26. The minimum Gasteiger partial charge on any atom is -0.308 e. The third-order valence-corrected chi connectivity index (χ3v) is 2.56. The Morgan fingerprint density at radius 2 is 2.07 bits per heavy atom. The minimum atomic E-state index is -0.479. The first-order chi connectivity index (χ1) is 6.42. The summed E-state index contributed by atoms with van der Waals surface area (Å²) < 4.78 is 0. The third kappa shape index (κ3) is 4.66. The Hall–Kier alpha value is -0.490. The van der Waals surface area contributed by atoms with Crippen LogP contribution in [0.1, 0.15) is 26.7 Å². The van der Waals surface area contributed by atoms with Gasteiger partial charge >= 0.3 is 0 Å². The Bertz CT molecular complexity index is 184. The average molecular weight is 202 g/mol. The summed E-state index contributed by atoms with van der Waals surface area (Å²) in [5.74, 6) is 0.150. The Morgan fingerprint density at radius 3 is 2.43 bits per heavy atom. The van der Waals surface area contributed by atoms with Gasteiger partial charge in [-0.1, -0.05) is 0 Å². The molecule has 0 spiro atoms. The number of ketones is 1. The zero-order chi connectivity index (χ0) is 11.2. The van der Waals surface area contributed by atoms with E-state index in [2.05, 4.69) is 10.6 Å². The van der Waals surface area contributed by atoms with Crippen molar-refractivity contribution in [3.05, 3.63) is 0 Å². The summed E-state index contributed by atoms with van der Waals surface area (Å²) in [5.41, 5.74) is 10.2. The van der Waals surface area contributed by atoms with Crippen molar-refractivity contribution >= 4 is 5.78 Å². The van der Waals surface area contributed by atoms with Gasteiger partial charge in [0.05, 0.1) is 5.54 Å². The highest BCUT2D eigenvalue weighted by Crippen LogP contribution is 2.12. The molecule has 0 aromatic rings. The molecule has 14 heavy (non-hydrogen) atoms. The largest absolute Gasteiger partial charge is 0.308 e. The van der Waals surface area contributed by atoms with Crippen molar-refractivity contribution < 1.29 is 4.79 Å². The fraction of sp³-hybridized carbons (Fsp3) is 0.889. The van der Waals surface area contributed by atoms with Crippen molar-refractivity contribution in [3.63, 3.8) is 0 Å². The van der Waals surface area contributed by atoms with Gasteiger partial charge in [-0.3, -0.25) is 10.1 Å². The van der Waals surface area contributed by atoms with E-state index < -0.39 is 11.8 Å². The second-order valence-corrected chi connectivity index (χ2v) is 3.72. The summed E-state index contributed by atoms with van der Waals surface area (Å²) in [5, 5.41) is 5.92. The molecule has 1 atom stereocenters. The maximum absolute atomic E-state index is 11.3. The van der Waals surface area contributed by atoms with Crippen LogP contribution in [0.5, 0.6) is 0 Å². The van der Waals surface area contributed by atoms with Gasteiger partial charge in [-0.15, -0.1) is 0 Å². The van der Waals surface area contributed by atoms with E-state index in [9.17, 15) is 4.79 Å². The van der Waals surface area contributed by atoms with Crippen LogP contribution >= 0.6 is 0 Å². The van der Waals surface area contributed by atoms with Gasteiger partial charge in [-0.05, 0) is 40.3 Å². The molecule has 0 amide bonds. The average Bonchev–Trinajstić information content (AvgIpc) is 2.11. The lowest BCUT2D eigenvalue weighted by Gasteiger charge is -2.26. The van der Waals surface area contributed by atoms with Crippen LogP contribution in [0.2, 0.25) is 0 Å². The van der Waals surface area contributed by atoms with Crippen molar-refractivity contribution in [2.75, 3.05) is 13.6 Å². The Morgan fingerprint density at radius 1 is 1.50 bits per heavy atom. The Balaban J connectivity index is 3.79. The standard InChI is InChI=1S/C9H22N4O/c1-7(14)9(2,12-3)5-4-6-13-8(10)11/h8,12-13H,4-6,10-11H2,1-3H3. The van der Waals surface area contributed by atoms with Gasteiger partial charge < -0.3 is 16.8 Å². The zero-order valence-electron chi connectivity index (χ0n) is 9.26. The maximum Gasteiger partial charge on any atom is 0.149 e. The molecule has 0 bridgehead atoms. The number of carbonyl (C=O) groups excluding carboxylic acids is 1. The fourth-order valence-electron chi connectivity index (χ4n) is 1.19. The van der Waals surface area contributed by atoms with Crippen molar-refractivity contribution in [3.8, 4) is 0 Å². The molecule has 0 saturated heterocycles. The van der Waals surface area contributed by atoms with Gasteiger partial charge in [0.15, 0.2) is 0 Å². The molecule has 0 radical (unpaired) electrons. The van der Waals surface area contributed by atoms with Gasteiger partial charge in [0.25, 0.3) is 0 Å². The van der Waals surface area contributed by atoms with E-state index in [0.29, 0.717) is 0 Å². The van der Waals surface area contributed by atoms with Crippen LogP contribution in [-0.2, 0) is 4.79 Å². The number of hydrogen-bond donors (Lipinski definition) is 4. The summed E-state index contributed by atoms with van der Waals surface area (Å²) in [6.45, 7) is 4.22. The lowest BCUT2D eigenvalue weighted by Crippen LogP contribution is -2.48. The van der Waals surface area contributed by atoms with Crippen LogP contribution in [0, 0.1) is 0 Å². The van der Waals surface area contributed by atoms with Crippen LogP contribution in [-0.4, -0.2) is 31.2 Å². The van der Waals surface area contributed by atoms with Gasteiger partial charge in [0.1, 0.15) is 12.1 Å². The number of nitrogens with one attached hydrogen (secondary N) is 2. The molecule has 6 N–H and O–H groups in total. The number of rotatable bonds is 7. The molecule has 5 heteroatoms. The third-order valence-electron chi connectivity index (χ3n) is 2.56. The number of hydrogen-bond acceptors (Lipinski definition) is 5. The molecule has 0 aliphatic rings. The lowest BCUT2D eigenvalue weighted by atomic mass is 9.92. The zero-order valence-corrected chi connectivity index (χ0v) is 9.26. The van der Waals surface area contributed by atoms with E-state index in [1.807, 2.05) is 6.92 Å². The first-order valence-corrected chi connectivity index (χ1v) is 4.87. The fourth-order valence-corrected chi connectivity index (χ4v) is 1.19. The summed E-state index contributed by atoms with van der Waals surface area (Å²) in [7, 11) is 1.80. The van der Waals surface area contributed by atoms with Gasteiger partial charge in [-0.2, -0.15) is 0 Å². The molecule has 0 saturated carbocycles. The lowest BCUT2D eigenvalue weighted by molar-refractivity contribution is -0.122. The van der Waals surface area contributed by atoms with Gasteiger partial charge in [0, 0.05) is 0 Å². The SMILES string of the molecule is CNC(C)(CCCNC(N)N)C(C)=O. The van der Waals surface area contributed by atoms with E-state index in [1.54, 1.807) is 14.0 Å². The number of likely N-dealkylation sites (N-methyl/N-ethyl adjacent to an activating group) is 1. The van der Waals surface area contributed by atoms with Gasteiger partial charge in [0.2, 0.25) is 0 Å². The number of nitrogens with two attached hydrogens (primary N) is 2. The molecule has 0 aliphatic heterocycles. The summed E-state index contributed by atoms with van der Waals surface area (Å²) in [6, 6.07) is 0. The Labute approximate surface area is 85.6 Å². The second kappa shape index (κ2) is 6.08. The molecule has 5 nitrogen and oxygen atoms in total. The summed E-state index contributed by atoms with van der Waals surface area (Å²) in [6.07, 6.45) is 1.16. The predicted octanol–water partition coefficient (Wildman–Crippen LogP) is -0.876. The van der Waals surface area contributed by atoms with Crippen LogP contribution in [0.4, 0.5) is 0 Å². The molecule has 0 aliphatic carbocycles. The molecule has 0 fully saturated rings. The van der Waals surface area contributed by atoms with Crippen LogP contribution in [0.3, 0.4) is 0 Å². The molecular formula is C9H22N4O. The van der Waals surface area contributed by atoms with E-state index in [1.165, 1.54) is 0 Å². The number of Topliss-reactive ketones (excluding diaryl/α,β-unsaturated/α-hetero) is 1. The smallest absolute Gasteiger partial charge is 0.149 e. The molecule has 0 rings (SSSR count). The topological polar surface area (TPSA) is 93.2 Å². The first kappa shape index (κ1) is 13.5. The van der Waals surface area contributed by atoms with Crippen LogP contribution in [0.25, 0.3) is 0 Å². The van der Waals surface area contributed by atoms with E-state index in [4.69, 9.17) is 11.5 Å². The predicted molar refractivity (Wildman–Crippen MR) is 57.5 cm³/mol. The van der Waals surface area contributed by atoms with Gasteiger partial charge in [-0.25, -0.2) is 0 Å². The molecular weight excluding hydrogens is 180 g/mol. The molecule has 1 unspecified atom stereocenters. The monoisotopic (exact) mass is 202 g/mol. The maximum atomic E-state index is 11.3. The Kier molecular flexibility index (Phi) is 5.87. The molecule has 0 aromatic heterocycles. The molecule has 0 aromatic carbocycles. The summed E-state index contributed by atoms with van der Waals surface area (Å²) >= 11 is 0.